The summed E-state index contributed by atoms with van der Waals surface area (Å²) < 4.78 is 0. The zero-order chi connectivity index (χ0) is 19.9. The lowest BCUT2D eigenvalue weighted by molar-refractivity contribution is 0.106. The lowest BCUT2D eigenvalue weighted by atomic mass is 10.0. The number of Topliss-reactive ketones (excluding diaryl/α,β-unsaturated/α-hetero) is 1. The number of benzene rings is 3. The molecule has 0 fully saturated rings. The van der Waals surface area contributed by atoms with Crippen molar-refractivity contribution in [2.75, 3.05) is 5.32 Å². The lowest BCUT2D eigenvalue weighted by Crippen LogP contribution is -2.19. The Morgan fingerprint density at radius 3 is 2.00 bits per heavy atom. The number of hydrogen-bond acceptors (Lipinski definition) is 4. The van der Waals surface area contributed by atoms with Crippen molar-refractivity contribution in [2.45, 2.75) is 0 Å². The number of nitrogens with zero attached hydrogens (tertiary/aromatic N) is 1. The van der Waals surface area contributed by atoms with Gasteiger partial charge >= 0.3 is 6.09 Å². The van der Waals surface area contributed by atoms with E-state index < -0.39 is 6.09 Å². The molecule has 0 aliphatic carbocycles. The highest BCUT2D eigenvalue weighted by Gasteiger charge is 2.18. The van der Waals surface area contributed by atoms with Crippen LogP contribution in [-0.4, -0.2) is 17.6 Å². The van der Waals surface area contributed by atoms with Crippen LogP contribution in [0.5, 0.6) is 0 Å². The standard InChI is InChI=1S/C21H14Cl2N2O3/c22-17-12-11-16(13-18(17)23)24-21(27)28-25-19(14-7-3-1-4-8-14)20(26)15-9-5-2-6-10-15/h1-13H,(H,24,27). The Bertz CT molecular complexity index is 1020. The molecule has 0 aliphatic rings. The van der Waals surface area contributed by atoms with Crippen molar-refractivity contribution in [1.82, 2.24) is 0 Å². The molecule has 3 aromatic carbocycles. The maximum Gasteiger partial charge on any atom is 0.437 e. The molecule has 0 radical (unpaired) electrons. The maximum atomic E-state index is 12.8. The third-order valence-corrected chi connectivity index (χ3v) is 4.42. The second-order valence-corrected chi connectivity index (χ2v) is 6.45. The van der Waals surface area contributed by atoms with Gasteiger partial charge < -0.3 is 0 Å². The molecule has 3 rings (SSSR count). The highest BCUT2D eigenvalue weighted by atomic mass is 35.5. The molecule has 0 atom stereocenters. The molecule has 0 spiro atoms. The summed E-state index contributed by atoms with van der Waals surface area (Å²) in [5, 5.41) is 6.92. The number of oxime groups is 1. The summed E-state index contributed by atoms with van der Waals surface area (Å²) in [5.74, 6) is -0.367. The first-order chi connectivity index (χ1) is 13.5. The fourth-order valence-electron chi connectivity index (χ4n) is 2.35. The van der Waals surface area contributed by atoms with Gasteiger partial charge in [0.05, 0.1) is 10.0 Å². The molecule has 7 heteroatoms. The third kappa shape index (κ3) is 4.97. The molecule has 0 bridgehead atoms. The van der Waals surface area contributed by atoms with E-state index in [2.05, 4.69) is 10.5 Å². The van der Waals surface area contributed by atoms with Gasteiger partial charge in [0, 0.05) is 16.8 Å². The van der Waals surface area contributed by atoms with Gasteiger partial charge in [0.15, 0.2) is 5.71 Å². The summed E-state index contributed by atoms with van der Waals surface area (Å²) in [6.07, 6.45) is -0.868. The van der Waals surface area contributed by atoms with E-state index in [1.54, 1.807) is 60.7 Å². The Balaban J connectivity index is 1.81. The quantitative estimate of drug-likeness (QED) is 0.248. The number of carbonyl (C=O) groups excluding carboxylic acids is 2. The number of anilines is 1. The minimum Gasteiger partial charge on any atom is -0.297 e. The average molecular weight is 413 g/mol. The number of halogens is 2. The van der Waals surface area contributed by atoms with E-state index in [1.807, 2.05) is 6.07 Å². The smallest absolute Gasteiger partial charge is 0.297 e. The van der Waals surface area contributed by atoms with E-state index in [9.17, 15) is 9.59 Å². The van der Waals surface area contributed by atoms with E-state index in [-0.39, 0.29) is 16.5 Å². The van der Waals surface area contributed by atoms with Crippen LogP contribution in [0.1, 0.15) is 15.9 Å². The monoisotopic (exact) mass is 412 g/mol. The predicted octanol–water partition coefficient (Wildman–Crippen LogP) is 5.83. The minimum atomic E-state index is -0.868. The molecule has 0 saturated carbocycles. The Hall–Kier alpha value is -3.15. The maximum absolute atomic E-state index is 12.8. The van der Waals surface area contributed by atoms with Crippen LogP contribution in [0.15, 0.2) is 84.0 Å². The third-order valence-electron chi connectivity index (χ3n) is 3.68. The average Bonchev–Trinajstić information content (AvgIpc) is 2.72. The Morgan fingerprint density at radius 1 is 0.786 bits per heavy atom. The molecule has 0 aromatic heterocycles. The number of carbonyl (C=O) groups is 2. The van der Waals surface area contributed by atoms with Crippen molar-refractivity contribution in [2.24, 2.45) is 5.16 Å². The van der Waals surface area contributed by atoms with Crippen LogP contribution in [0, 0.1) is 0 Å². The summed E-state index contributed by atoms with van der Waals surface area (Å²) in [5.41, 5.74) is 1.35. The normalized spacial score (nSPS) is 11.0. The molecule has 1 N–H and O–H groups in total. The van der Waals surface area contributed by atoms with Crippen LogP contribution < -0.4 is 5.32 Å². The largest absolute Gasteiger partial charge is 0.437 e. The van der Waals surface area contributed by atoms with E-state index in [4.69, 9.17) is 28.0 Å². The number of nitrogens with one attached hydrogen (secondary N) is 1. The van der Waals surface area contributed by atoms with Crippen molar-refractivity contribution >= 4 is 46.5 Å². The van der Waals surface area contributed by atoms with Gasteiger partial charge in [-0.2, -0.15) is 0 Å². The van der Waals surface area contributed by atoms with Crippen molar-refractivity contribution < 1.29 is 14.4 Å². The zero-order valence-electron chi connectivity index (χ0n) is 14.4. The van der Waals surface area contributed by atoms with Crippen LogP contribution in [0.2, 0.25) is 10.0 Å². The predicted molar refractivity (Wildman–Crippen MR) is 110 cm³/mol. The number of rotatable bonds is 5. The van der Waals surface area contributed by atoms with E-state index in [1.165, 1.54) is 12.1 Å². The van der Waals surface area contributed by atoms with Crippen LogP contribution in [0.25, 0.3) is 0 Å². The van der Waals surface area contributed by atoms with E-state index in [0.29, 0.717) is 21.8 Å². The van der Waals surface area contributed by atoms with Gasteiger partial charge in [-0.3, -0.25) is 14.9 Å². The second kappa shape index (κ2) is 9.17. The number of hydrogen-bond donors (Lipinski definition) is 1. The van der Waals surface area contributed by atoms with E-state index in [0.717, 1.165) is 0 Å². The molecule has 3 aromatic rings. The molecule has 1 amide bonds. The summed E-state index contributed by atoms with van der Waals surface area (Å²) in [4.78, 5) is 29.8. The molecule has 140 valence electrons. The SMILES string of the molecule is O=C(Nc1ccc(Cl)c(Cl)c1)ON=C(C(=O)c1ccccc1)c1ccccc1. The molecule has 0 heterocycles. The Morgan fingerprint density at radius 2 is 1.39 bits per heavy atom. The Labute approximate surface area is 171 Å². The molecule has 0 aliphatic heterocycles. The van der Waals surface area contributed by atoms with Gasteiger partial charge in [0.1, 0.15) is 0 Å². The van der Waals surface area contributed by atoms with Crippen molar-refractivity contribution in [3.8, 4) is 0 Å². The van der Waals surface area contributed by atoms with E-state index >= 15 is 0 Å². The van der Waals surface area contributed by atoms with Gasteiger partial charge in [-0.25, -0.2) is 4.79 Å². The van der Waals surface area contributed by atoms with Crippen LogP contribution in [-0.2, 0) is 4.84 Å². The molecule has 28 heavy (non-hydrogen) atoms. The van der Waals surface area contributed by atoms with Gasteiger partial charge in [-0.1, -0.05) is 89.0 Å². The molecule has 5 nitrogen and oxygen atoms in total. The fourth-order valence-corrected chi connectivity index (χ4v) is 2.65. The molecular formula is C21H14Cl2N2O3. The highest BCUT2D eigenvalue weighted by Crippen LogP contribution is 2.25. The first kappa shape index (κ1) is 19.6. The Kier molecular flexibility index (Phi) is 6.42. The topological polar surface area (TPSA) is 67.8 Å². The van der Waals surface area contributed by atoms with Crippen molar-refractivity contribution in [3.63, 3.8) is 0 Å². The van der Waals surface area contributed by atoms with Gasteiger partial charge in [0.25, 0.3) is 0 Å². The summed E-state index contributed by atoms with van der Waals surface area (Å²) in [6.45, 7) is 0. The molecular weight excluding hydrogens is 399 g/mol. The number of amides is 1. The second-order valence-electron chi connectivity index (χ2n) is 5.63. The summed E-state index contributed by atoms with van der Waals surface area (Å²) in [7, 11) is 0. The van der Waals surface area contributed by atoms with Crippen LogP contribution in [0.4, 0.5) is 10.5 Å². The van der Waals surface area contributed by atoms with Gasteiger partial charge in [-0.05, 0) is 18.2 Å². The molecule has 0 unspecified atom stereocenters. The minimum absolute atomic E-state index is 0.0103. The van der Waals surface area contributed by atoms with Crippen molar-refractivity contribution in [1.29, 1.82) is 0 Å². The van der Waals surface area contributed by atoms with Gasteiger partial charge in [-0.15, -0.1) is 0 Å². The van der Waals surface area contributed by atoms with Crippen molar-refractivity contribution in [3.05, 3.63) is 100 Å². The first-order valence-corrected chi connectivity index (χ1v) is 8.96. The fraction of sp³-hybridized carbons (Fsp3) is 0. The van der Waals surface area contributed by atoms with Gasteiger partial charge in [0.2, 0.25) is 5.78 Å². The lowest BCUT2D eigenvalue weighted by Gasteiger charge is -2.07. The first-order valence-electron chi connectivity index (χ1n) is 8.21. The molecule has 0 saturated heterocycles. The summed E-state index contributed by atoms with van der Waals surface area (Å²) in [6, 6.07) is 21.9. The van der Waals surface area contributed by atoms with Crippen LogP contribution in [0.3, 0.4) is 0 Å². The summed E-state index contributed by atoms with van der Waals surface area (Å²) >= 11 is 11.8. The number of ketones is 1. The highest BCUT2D eigenvalue weighted by molar-refractivity contribution is 6.51. The van der Waals surface area contributed by atoms with Crippen LogP contribution >= 0.6 is 23.2 Å². The zero-order valence-corrected chi connectivity index (χ0v) is 15.9.